The zero-order chi connectivity index (χ0) is 13.6. The lowest BCUT2D eigenvalue weighted by Crippen LogP contribution is -2.44. The number of hydrogen-bond donors (Lipinski definition) is 1. The summed E-state index contributed by atoms with van der Waals surface area (Å²) in [6, 6.07) is 0.778. The standard InChI is InChI=1S/C16H30N2O2/c1-2-11-19-16(7-1)20-12-10-18-9-4-5-14(13-18)15-6-3-8-17-15/h14-17H,1-13H2. The predicted molar refractivity (Wildman–Crippen MR) is 79.7 cm³/mol. The molecule has 4 heteroatoms. The van der Waals surface area contributed by atoms with Crippen molar-refractivity contribution in [3.63, 3.8) is 0 Å². The fraction of sp³-hybridized carbons (Fsp3) is 1.00. The highest BCUT2D eigenvalue weighted by Crippen LogP contribution is 2.24. The Balaban J connectivity index is 1.34. The molecule has 3 fully saturated rings. The molecular formula is C16H30N2O2. The molecular weight excluding hydrogens is 252 g/mol. The first kappa shape index (κ1) is 14.8. The summed E-state index contributed by atoms with van der Waals surface area (Å²) >= 11 is 0. The van der Waals surface area contributed by atoms with Gasteiger partial charge in [-0.15, -0.1) is 0 Å². The summed E-state index contributed by atoms with van der Waals surface area (Å²) in [6.07, 6.45) is 9.10. The van der Waals surface area contributed by atoms with E-state index in [4.69, 9.17) is 9.47 Å². The Bertz CT molecular complexity index is 276. The maximum atomic E-state index is 5.87. The van der Waals surface area contributed by atoms with Gasteiger partial charge in [0.15, 0.2) is 6.29 Å². The van der Waals surface area contributed by atoms with Gasteiger partial charge in [0.1, 0.15) is 0 Å². The molecule has 0 aromatic heterocycles. The molecule has 3 heterocycles. The highest BCUT2D eigenvalue weighted by atomic mass is 16.7. The molecule has 0 saturated carbocycles. The van der Waals surface area contributed by atoms with Crippen molar-refractivity contribution in [1.29, 1.82) is 0 Å². The second-order valence-corrected chi connectivity index (χ2v) is 6.57. The Labute approximate surface area is 123 Å². The zero-order valence-corrected chi connectivity index (χ0v) is 12.7. The van der Waals surface area contributed by atoms with E-state index in [1.54, 1.807) is 0 Å². The Morgan fingerprint density at radius 1 is 1.10 bits per heavy atom. The average Bonchev–Trinajstić information content (AvgIpc) is 3.03. The number of piperidine rings is 1. The summed E-state index contributed by atoms with van der Waals surface area (Å²) in [6.45, 7) is 6.51. The second-order valence-electron chi connectivity index (χ2n) is 6.57. The van der Waals surface area contributed by atoms with Gasteiger partial charge in [0, 0.05) is 25.7 Å². The van der Waals surface area contributed by atoms with E-state index in [9.17, 15) is 0 Å². The maximum Gasteiger partial charge on any atom is 0.157 e. The summed E-state index contributed by atoms with van der Waals surface area (Å²) < 4.78 is 11.5. The van der Waals surface area contributed by atoms with Crippen molar-refractivity contribution in [2.24, 2.45) is 5.92 Å². The molecule has 116 valence electrons. The van der Waals surface area contributed by atoms with E-state index < -0.39 is 0 Å². The van der Waals surface area contributed by atoms with Gasteiger partial charge in [0.05, 0.1) is 6.61 Å². The molecule has 0 bridgehead atoms. The van der Waals surface area contributed by atoms with Gasteiger partial charge >= 0.3 is 0 Å². The van der Waals surface area contributed by atoms with Gasteiger partial charge in [0.25, 0.3) is 0 Å². The lowest BCUT2D eigenvalue weighted by atomic mass is 9.90. The average molecular weight is 282 g/mol. The minimum absolute atomic E-state index is 0.0702. The Kier molecular flexibility index (Phi) is 5.71. The van der Waals surface area contributed by atoms with Gasteiger partial charge in [-0.3, -0.25) is 0 Å². The summed E-state index contributed by atoms with van der Waals surface area (Å²) in [7, 11) is 0. The van der Waals surface area contributed by atoms with Gasteiger partial charge in [0.2, 0.25) is 0 Å². The number of nitrogens with one attached hydrogen (secondary N) is 1. The molecule has 1 N–H and O–H groups in total. The van der Waals surface area contributed by atoms with E-state index >= 15 is 0 Å². The SMILES string of the molecule is C1CCC(OCCN2CCCC(C3CCCN3)C2)OC1. The molecule has 0 aromatic carbocycles. The third-order valence-electron chi connectivity index (χ3n) is 5.06. The normalized spacial score (nSPS) is 36.3. The van der Waals surface area contributed by atoms with Crippen LogP contribution in [-0.4, -0.2) is 56.6 Å². The molecule has 0 aromatic rings. The zero-order valence-electron chi connectivity index (χ0n) is 12.7. The monoisotopic (exact) mass is 282 g/mol. The van der Waals surface area contributed by atoms with Crippen LogP contribution in [0, 0.1) is 5.92 Å². The maximum absolute atomic E-state index is 5.87. The minimum Gasteiger partial charge on any atom is -0.353 e. The highest BCUT2D eigenvalue weighted by Gasteiger charge is 2.28. The van der Waals surface area contributed by atoms with Gasteiger partial charge in [-0.1, -0.05) is 0 Å². The first-order valence-corrected chi connectivity index (χ1v) is 8.61. The second kappa shape index (κ2) is 7.74. The van der Waals surface area contributed by atoms with Crippen molar-refractivity contribution in [1.82, 2.24) is 10.2 Å². The number of ether oxygens (including phenoxy) is 2. The van der Waals surface area contributed by atoms with Crippen LogP contribution in [0.2, 0.25) is 0 Å². The summed E-state index contributed by atoms with van der Waals surface area (Å²) in [5.41, 5.74) is 0. The molecule has 0 amide bonds. The van der Waals surface area contributed by atoms with Crippen LogP contribution in [0.15, 0.2) is 0 Å². The molecule has 20 heavy (non-hydrogen) atoms. The van der Waals surface area contributed by atoms with Crippen LogP contribution in [0.25, 0.3) is 0 Å². The quantitative estimate of drug-likeness (QED) is 0.836. The van der Waals surface area contributed by atoms with Crippen molar-refractivity contribution >= 4 is 0 Å². The number of likely N-dealkylation sites (tertiary alicyclic amines) is 1. The third kappa shape index (κ3) is 4.17. The van der Waals surface area contributed by atoms with Gasteiger partial charge in [-0.05, 0) is 64.0 Å². The lowest BCUT2D eigenvalue weighted by molar-refractivity contribution is -0.164. The number of nitrogens with zero attached hydrogens (tertiary/aromatic N) is 1. The number of hydrogen-bond acceptors (Lipinski definition) is 4. The van der Waals surface area contributed by atoms with E-state index in [1.807, 2.05) is 0 Å². The van der Waals surface area contributed by atoms with E-state index in [-0.39, 0.29) is 6.29 Å². The van der Waals surface area contributed by atoms with E-state index in [0.29, 0.717) is 0 Å². The van der Waals surface area contributed by atoms with Crippen LogP contribution in [0.1, 0.15) is 44.9 Å². The summed E-state index contributed by atoms with van der Waals surface area (Å²) in [5.74, 6) is 0.859. The van der Waals surface area contributed by atoms with Crippen LogP contribution in [0.3, 0.4) is 0 Å². The summed E-state index contributed by atoms with van der Waals surface area (Å²) in [4.78, 5) is 2.59. The highest BCUT2D eigenvalue weighted by molar-refractivity contribution is 4.86. The molecule has 3 saturated heterocycles. The molecule has 3 aliphatic heterocycles. The van der Waals surface area contributed by atoms with Crippen LogP contribution in [-0.2, 0) is 9.47 Å². The van der Waals surface area contributed by atoms with Crippen molar-refractivity contribution in [2.75, 3.05) is 39.4 Å². The van der Waals surface area contributed by atoms with E-state index in [0.717, 1.165) is 38.1 Å². The van der Waals surface area contributed by atoms with Gasteiger partial charge in [-0.25, -0.2) is 0 Å². The molecule has 0 aliphatic carbocycles. The first-order chi connectivity index (χ1) is 9.92. The van der Waals surface area contributed by atoms with Crippen molar-refractivity contribution in [3.8, 4) is 0 Å². The predicted octanol–water partition coefficient (Wildman–Crippen LogP) is 1.99. The van der Waals surface area contributed by atoms with Crippen LogP contribution in [0.4, 0.5) is 0 Å². The smallest absolute Gasteiger partial charge is 0.157 e. The molecule has 3 rings (SSSR count). The van der Waals surface area contributed by atoms with Gasteiger partial charge < -0.3 is 19.7 Å². The largest absolute Gasteiger partial charge is 0.353 e. The summed E-state index contributed by atoms with van der Waals surface area (Å²) in [5, 5.41) is 3.68. The van der Waals surface area contributed by atoms with Crippen LogP contribution >= 0.6 is 0 Å². The Hall–Kier alpha value is -0.160. The topological polar surface area (TPSA) is 33.7 Å². The van der Waals surface area contributed by atoms with Crippen LogP contribution < -0.4 is 5.32 Å². The van der Waals surface area contributed by atoms with E-state index in [2.05, 4.69) is 10.2 Å². The lowest BCUT2D eigenvalue weighted by Gasteiger charge is -2.36. The molecule has 3 aliphatic rings. The van der Waals surface area contributed by atoms with Crippen molar-refractivity contribution in [2.45, 2.75) is 57.3 Å². The Morgan fingerprint density at radius 3 is 2.90 bits per heavy atom. The third-order valence-corrected chi connectivity index (χ3v) is 5.06. The van der Waals surface area contributed by atoms with Crippen LogP contribution in [0.5, 0.6) is 0 Å². The molecule has 0 spiro atoms. The van der Waals surface area contributed by atoms with Crippen molar-refractivity contribution in [3.05, 3.63) is 0 Å². The molecule has 0 radical (unpaired) electrons. The fourth-order valence-electron chi connectivity index (χ4n) is 3.89. The Morgan fingerprint density at radius 2 is 2.10 bits per heavy atom. The van der Waals surface area contributed by atoms with Gasteiger partial charge in [-0.2, -0.15) is 0 Å². The molecule has 4 nitrogen and oxygen atoms in total. The minimum atomic E-state index is 0.0702. The number of rotatable bonds is 5. The first-order valence-electron chi connectivity index (χ1n) is 8.61. The fourth-order valence-corrected chi connectivity index (χ4v) is 3.89. The molecule has 3 unspecified atom stereocenters. The van der Waals surface area contributed by atoms with Crippen molar-refractivity contribution < 1.29 is 9.47 Å². The molecule has 3 atom stereocenters. The van der Waals surface area contributed by atoms with E-state index in [1.165, 1.54) is 58.2 Å².